The molecule has 106 valence electrons. The summed E-state index contributed by atoms with van der Waals surface area (Å²) in [4.78, 5) is 2.68. The summed E-state index contributed by atoms with van der Waals surface area (Å²) in [5, 5.41) is 13.2. The predicted molar refractivity (Wildman–Crippen MR) is 75.7 cm³/mol. The minimum Gasteiger partial charge on any atom is -0.393 e. The second-order valence-electron chi connectivity index (χ2n) is 7.31. The number of aliphatic hydroxyl groups is 1. The quantitative estimate of drug-likeness (QED) is 0.761. The maximum atomic E-state index is 9.51. The van der Waals surface area contributed by atoms with E-state index in [9.17, 15) is 5.11 Å². The summed E-state index contributed by atoms with van der Waals surface area (Å²) in [6, 6.07) is 2.28. The van der Waals surface area contributed by atoms with E-state index in [0.29, 0.717) is 6.04 Å². The van der Waals surface area contributed by atoms with Crippen LogP contribution in [0.25, 0.3) is 0 Å². The van der Waals surface area contributed by atoms with Gasteiger partial charge in [-0.05, 0) is 44.9 Å². The minimum atomic E-state index is -0.202. The number of nitrogens with zero attached hydrogens (tertiary/aromatic N) is 1. The molecular weight excluding hydrogens is 224 g/mol. The lowest BCUT2D eigenvalue weighted by molar-refractivity contribution is 0.126. The Labute approximate surface area is 112 Å². The van der Waals surface area contributed by atoms with Crippen molar-refractivity contribution in [2.75, 3.05) is 13.1 Å². The van der Waals surface area contributed by atoms with Crippen LogP contribution in [0.2, 0.25) is 0 Å². The van der Waals surface area contributed by atoms with Crippen LogP contribution in [-0.2, 0) is 0 Å². The van der Waals surface area contributed by atoms with Crippen LogP contribution in [0.5, 0.6) is 0 Å². The SMILES string of the molecule is CC(O)CC(C)(C)CNC1CC(C)N(C2CC2)C1. The Morgan fingerprint density at radius 3 is 2.61 bits per heavy atom. The van der Waals surface area contributed by atoms with Gasteiger partial charge in [0.2, 0.25) is 0 Å². The fourth-order valence-corrected chi connectivity index (χ4v) is 3.41. The van der Waals surface area contributed by atoms with E-state index in [2.05, 4.69) is 31.0 Å². The molecule has 18 heavy (non-hydrogen) atoms. The van der Waals surface area contributed by atoms with Gasteiger partial charge in [0, 0.05) is 31.2 Å². The van der Waals surface area contributed by atoms with Gasteiger partial charge in [-0.2, -0.15) is 0 Å². The van der Waals surface area contributed by atoms with Crippen molar-refractivity contribution in [3.05, 3.63) is 0 Å². The number of likely N-dealkylation sites (tertiary alicyclic amines) is 1. The molecule has 3 heteroatoms. The summed E-state index contributed by atoms with van der Waals surface area (Å²) in [5.74, 6) is 0. The minimum absolute atomic E-state index is 0.185. The molecule has 1 saturated heterocycles. The van der Waals surface area contributed by atoms with E-state index < -0.39 is 0 Å². The molecule has 3 atom stereocenters. The van der Waals surface area contributed by atoms with E-state index in [1.165, 1.54) is 25.8 Å². The normalized spacial score (nSPS) is 31.8. The summed E-state index contributed by atoms with van der Waals surface area (Å²) >= 11 is 0. The monoisotopic (exact) mass is 254 g/mol. The van der Waals surface area contributed by atoms with E-state index in [-0.39, 0.29) is 11.5 Å². The second kappa shape index (κ2) is 5.48. The van der Waals surface area contributed by atoms with Crippen LogP contribution in [0.3, 0.4) is 0 Å². The Morgan fingerprint density at radius 2 is 2.06 bits per heavy atom. The molecule has 0 bridgehead atoms. The first-order valence-electron chi connectivity index (χ1n) is 7.54. The first-order valence-corrected chi connectivity index (χ1v) is 7.54. The molecule has 1 saturated carbocycles. The standard InChI is InChI=1S/C15H30N2O/c1-11-7-13(9-17(11)14-5-6-14)16-10-15(3,4)8-12(2)18/h11-14,16,18H,5-10H2,1-4H3. The zero-order valence-electron chi connectivity index (χ0n) is 12.4. The lowest BCUT2D eigenvalue weighted by atomic mass is 9.86. The zero-order chi connectivity index (χ0) is 13.3. The number of hydrogen-bond acceptors (Lipinski definition) is 3. The Kier molecular flexibility index (Phi) is 4.35. The fraction of sp³-hybridized carbons (Fsp3) is 1.00. The van der Waals surface area contributed by atoms with Crippen LogP contribution in [0.1, 0.15) is 53.4 Å². The van der Waals surface area contributed by atoms with Crippen molar-refractivity contribution in [3.8, 4) is 0 Å². The highest BCUT2D eigenvalue weighted by Crippen LogP contribution is 2.33. The number of rotatable bonds is 6. The van der Waals surface area contributed by atoms with Gasteiger partial charge in [0.25, 0.3) is 0 Å². The van der Waals surface area contributed by atoms with Crippen molar-refractivity contribution < 1.29 is 5.11 Å². The molecule has 3 unspecified atom stereocenters. The van der Waals surface area contributed by atoms with Crippen molar-refractivity contribution >= 4 is 0 Å². The molecule has 2 fully saturated rings. The molecular formula is C15H30N2O. The van der Waals surface area contributed by atoms with Gasteiger partial charge in [-0.25, -0.2) is 0 Å². The molecule has 1 heterocycles. The molecule has 3 nitrogen and oxygen atoms in total. The van der Waals surface area contributed by atoms with Crippen molar-refractivity contribution in [3.63, 3.8) is 0 Å². The fourth-order valence-electron chi connectivity index (χ4n) is 3.41. The molecule has 2 rings (SSSR count). The van der Waals surface area contributed by atoms with Gasteiger partial charge in [0.1, 0.15) is 0 Å². The van der Waals surface area contributed by atoms with Crippen LogP contribution >= 0.6 is 0 Å². The summed E-state index contributed by atoms with van der Waals surface area (Å²) in [6.07, 6.45) is 4.76. The lowest BCUT2D eigenvalue weighted by Gasteiger charge is -2.28. The lowest BCUT2D eigenvalue weighted by Crippen LogP contribution is -2.40. The van der Waals surface area contributed by atoms with E-state index in [1.54, 1.807) is 0 Å². The molecule has 0 aromatic rings. The first kappa shape index (κ1) is 14.3. The van der Waals surface area contributed by atoms with E-state index in [4.69, 9.17) is 0 Å². The molecule has 0 aromatic carbocycles. The van der Waals surface area contributed by atoms with E-state index >= 15 is 0 Å². The summed E-state index contributed by atoms with van der Waals surface area (Å²) in [5.41, 5.74) is 0.185. The van der Waals surface area contributed by atoms with E-state index in [0.717, 1.165) is 25.0 Å². The third-order valence-corrected chi connectivity index (χ3v) is 4.36. The molecule has 0 radical (unpaired) electrons. The van der Waals surface area contributed by atoms with Crippen LogP contribution in [0.4, 0.5) is 0 Å². The van der Waals surface area contributed by atoms with Gasteiger partial charge < -0.3 is 10.4 Å². The van der Waals surface area contributed by atoms with Crippen LogP contribution in [0, 0.1) is 5.41 Å². The highest BCUT2D eigenvalue weighted by Gasteiger charge is 2.38. The van der Waals surface area contributed by atoms with Gasteiger partial charge in [0.15, 0.2) is 0 Å². The maximum Gasteiger partial charge on any atom is 0.0517 e. The maximum absolute atomic E-state index is 9.51. The zero-order valence-corrected chi connectivity index (χ0v) is 12.4. The first-order chi connectivity index (χ1) is 8.37. The molecule has 2 N–H and O–H groups in total. The van der Waals surface area contributed by atoms with Gasteiger partial charge in [-0.1, -0.05) is 13.8 Å². The van der Waals surface area contributed by atoms with Crippen LogP contribution in [0.15, 0.2) is 0 Å². The van der Waals surface area contributed by atoms with Crippen molar-refractivity contribution in [2.24, 2.45) is 5.41 Å². The second-order valence-corrected chi connectivity index (χ2v) is 7.31. The van der Waals surface area contributed by atoms with E-state index in [1.807, 2.05) is 6.92 Å². The average Bonchev–Trinajstić information content (AvgIpc) is 2.99. The smallest absolute Gasteiger partial charge is 0.0517 e. The van der Waals surface area contributed by atoms with Crippen LogP contribution < -0.4 is 5.32 Å². The van der Waals surface area contributed by atoms with Gasteiger partial charge in [-0.3, -0.25) is 4.90 Å². The van der Waals surface area contributed by atoms with Crippen molar-refractivity contribution in [1.82, 2.24) is 10.2 Å². The molecule has 0 amide bonds. The summed E-state index contributed by atoms with van der Waals surface area (Å²) in [7, 11) is 0. The third kappa shape index (κ3) is 3.94. The van der Waals surface area contributed by atoms with Crippen molar-refractivity contribution in [2.45, 2.75) is 77.6 Å². The highest BCUT2D eigenvalue weighted by molar-refractivity contribution is 4.96. The number of aliphatic hydroxyl groups excluding tert-OH is 1. The largest absolute Gasteiger partial charge is 0.393 e. The summed E-state index contributed by atoms with van der Waals surface area (Å²) < 4.78 is 0. The van der Waals surface area contributed by atoms with Crippen molar-refractivity contribution in [1.29, 1.82) is 0 Å². The Balaban J connectivity index is 1.74. The predicted octanol–water partition coefficient (Wildman–Crippen LogP) is 2.00. The Hall–Kier alpha value is -0.120. The van der Waals surface area contributed by atoms with Crippen LogP contribution in [-0.4, -0.2) is 47.3 Å². The molecule has 1 aliphatic heterocycles. The Morgan fingerprint density at radius 1 is 1.39 bits per heavy atom. The molecule has 0 spiro atoms. The summed E-state index contributed by atoms with van der Waals surface area (Å²) in [6.45, 7) is 11.0. The third-order valence-electron chi connectivity index (χ3n) is 4.36. The Bertz CT molecular complexity index is 274. The van der Waals surface area contributed by atoms with Gasteiger partial charge in [-0.15, -0.1) is 0 Å². The topological polar surface area (TPSA) is 35.5 Å². The average molecular weight is 254 g/mol. The molecule has 2 aliphatic rings. The van der Waals surface area contributed by atoms with Gasteiger partial charge >= 0.3 is 0 Å². The van der Waals surface area contributed by atoms with Gasteiger partial charge in [0.05, 0.1) is 6.10 Å². The molecule has 1 aliphatic carbocycles. The molecule has 0 aromatic heterocycles. The highest BCUT2D eigenvalue weighted by atomic mass is 16.3. The number of hydrogen-bond donors (Lipinski definition) is 2. The number of nitrogens with one attached hydrogen (secondary N) is 1.